The van der Waals surface area contributed by atoms with Crippen LogP contribution in [0.2, 0.25) is 5.02 Å². The lowest BCUT2D eigenvalue weighted by molar-refractivity contribution is 0.455. The average molecular weight is 235 g/mol. The summed E-state index contributed by atoms with van der Waals surface area (Å²) in [4.78, 5) is 3.51. The van der Waals surface area contributed by atoms with Gasteiger partial charge in [0.25, 0.3) is 0 Å². The van der Waals surface area contributed by atoms with E-state index in [1.165, 1.54) is 29.4 Å². The van der Waals surface area contributed by atoms with E-state index in [9.17, 15) is 0 Å². The summed E-state index contributed by atoms with van der Waals surface area (Å²) >= 11 is 5.99. The van der Waals surface area contributed by atoms with Crippen LogP contribution in [0.5, 0.6) is 0 Å². The molecule has 1 aromatic carbocycles. The summed E-state index contributed by atoms with van der Waals surface area (Å²) in [5, 5.41) is 5.42. The smallest absolute Gasteiger partial charge is 0.0457 e. The second kappa shape index (κ2) is 4.11. The Kier molecular flexibility index (Phi) is 2.62. The average Bonchev–Trinajstić information content (AvgIpc) is 2.73. The number of hydrogen-bond donors (Lipinski definition) is 2. The molecule has 84 valence electrons. The number of hydrogen-bond acceptors (Lipinski definition) is 1. The lowest BCUT2D eigenvalue weighted by atomic mass is 9.95. The van der Waals surface area contributed by atoms with Gasteiger partial charge in [0.05, 0.1) is 0 Å². The van der Waals surface area contributed by atoms with Crippen LogP contribution >= 0.6 is 11.6 Å². The number of piperidine rings is 1. The van der Waals surface area contributed by atoms with E-state index in [4.69, 9.17) is 11.6 Å². The number of aromatic nitrogens is 1. The fourth-order valence-corrected chi connectivity index (χ4v) is 2.66. The Balaban J connectivity index is 1.97. The highest BCUT2D eigenvalue weighted by Crippen LogP contribution is 2.28. The molecule has 1 aliphatic rings. The molecule has 0 aliphatic carbocycles. The van der Waals surface area contributed by atoms with Gasteiger partial charge in [0, 0.05) is 27.5 Å². The molecular formula is C13H15ClN2. The maximum Gasteiger partial charge on any atom is 0.0457 e. The van der Waals surface area contributed by atoms with Crippen LogP contribution in [-0.2, 0) is 0 Å². The fraction of sp³-hybridized carbons (Fsp3) is 0.385. The van der Waals surface area contributed by atoms with Crippen molar-refractivity contribution in [3.8, 4) is 0 Å². The fourth-order valence-electron chi connectivity index (χ4n) is 2.48. The molecule has 0 unspecified atom stereocenters. The molecule has 16 heavy (non-hydrogen) atoms. The van der Waals surface area contributed by atoms with E-state index in [2.05, 4.69) is 22.4 Å². The van der Waals surface area contributed by atoms with E-state index >= 15 is 0 Å². The first-order valence-corrected chi connectivity index (χ1v) is 6.19. The number of nitrogens with one attached hydrogen (secondary N) is 2. The van der Waals surface area contributed by atoms with Crippen molar-refractivity contribution in [3.63, 3.8) is 0 Å². The lowest BCUT2D eigenvalue weighted by Crippen LogP contribution is -2.26. The van der Waals surface area contributed by atoms with E-state index in [0.29, 0.717) is 5.92 Å². The second-order valence-electron chi connectivity index (χ2n) is 4.48. The molecule has 0 atom stereocenters. The van der Waals surface area contributed by atoms with Crippen molar-refractivity contribution in [3.05, 3.63) is 35.0 Å². The Hall–Kier alpha value is -0.990. The largest absolute Gasteiger partial charge is 0.358 e. The predicted molar refractivity (Wildman–Crippen MR) is 68.2 cm³/mol. The molecule has 0 radical (unpaired) electrons. The predicted octanol–water partition coefficient (Wildman–Crippen LogP) is 3.29. The first-order chi connectivity index (χ1) is 7.83. The summed E-state index contributed by atoms with van der Waals surface area (Å²) in [7, 11) is 0. The number of benzene rings is 1. The summed E-state index contributed by atoms with van der Waals surface area (Å²) in [5.74, 6) is 0.674. The molecule has 2 aromatic rings. The number of H-pyrrole nitrogens is 1. The maximum atomic E-state index is 5.99. The van der Waals surface area contributed by atoms with Gasteiger partial charge in [0.15, 0.2) is 0 Å². The van der Waals surface area contributed by atoms with Crippen LogP contribution in [0, 0.1) is 0 Å². The minimum atomic E-state index is 0.674. The zero-order valence-corrected chi connectivity index (χ0v) is 9.85. The highest BCUT2D eigenvalue weighted by Gasteiger charge is 2.16. The van der Waals surface area contributed by atoms with Gasteiger partial charge in [0.1, 0.15) is 0 Å². The summed E-state index contributed by atoms with van der Waals surface area (Å²) in [6, 6.07) is 8.27. The molecule has 1 saturated heterocycles. The summed E-state index contributed by atoms with van der Waals surface area (Å²) in [6.45, 7) is 2.25. The molecule has 0 amide bonds. The first kappa shape index (κ1) is 10.2. The second-order valence-corrected chi connectivity index (χ2v) is 4.92. The molecule has 2 nitrogen and oxygen atoms in total. The zero-order chi connectivity index (χ0) is 11.0. The molecular weight excluding hydrogens is 220 g/mol. The minimum absolute atomic E-state index is 0.674. The standard InChI is InChI=1S/C13H15ClN2/c14-11-1-2-12-10(7-11)8-13(16-12)9-3-5-15-6-4-9/h1-2,7-9,15-16H,3-6H2. The van der Waals surface area contributed by atoms with Gasteiger partial charge in [-0.3, -0.25) is 0 Å². The van der Waals surface area contributed by atoms with Gasteiger partial charge in [0.2, 0.25) is 0 Å². The highest BCUT2D eigenvalue weighted by atomic mass is 35.5. The van der Waals surface area contributed by atoms with Crippen molar-refractivity contribution >= 4 is 22.5 Å². The van der Waals surface area contributed by atoms with Crippen molar-refractivity contribution in [1.82, 2.24) is 10.3 Å². The van der Waals surface area contributed by atoms with Gasteiger partial charge < -0.3 is 10.3 Å². The molecule has 0 saturated carbocycles. The third-order valence-electron chi connectivity index (χ3n) is 3.38. The van der Waals surface area contributed by atoms with E-state index < -0.39 is 0 Å². The van der Waals surface area contributed by atoms with Gasteiger partial charge in [-0.25, -0.2) is 0 Å². The molecule has 1 fully saturated rings. The van der Waals surface area contributed by atoms with Crippen molar-refractivity contribution in [1.29, 1.82) is 0 Å². The molecule has 3 heteroatoms. The van der Waals surface area contributed by atoms with Gasteiger partial charge >= 0.3 is 0 Å². The Bertz CT molecular complexity index is 498. The molecule has 1 aromatic heterocycles. The molecule has 0 bridgehead atoms. The quantitative estimate of drug-likeness (QED) is 0.779. The third-order valence-corrected chi connectivity index (χ3v) is 3.62. The van der Waals surface area contributed by atoms with Crippen molar-refractivity contribution in [2.45, 2.75) is 18.8 Å². The van der Waals surface area contributed by atoms with E-state index in [-0.39, 0.29) is 0 Å². The van der Waals surface area contributed by atoms with Crippen LogP contribution in [0.15, 0.2) is 24.3 Å². The first-order valence-electron chi connectivity index (χ1n) is 5.82. The van der Waals surface area contributed by atoms with Crippen molar-refractivity contribution < 1.29 is 0 Å². The van der Waals surface area contributed by atoms with Crippen LogP contribution in [0.4, 0.5) is 0 Å². The normalized spacial score (nSPS) is 18.1. The van der Waals surface area contributed by atoms with E-state index in [0.717, 1.165) is 18.1 Å². The number of halogens is 1. The Labute approximate surface area is 100.0 Å². The summed E-state index contributed by atoms with van der Waals surface area (Å²) < 4.78 is 0. The van der Waals surface area contributed by atoms with Crippen molar-refractivity contribution in [2.75, 3.05) is 13.1 Å². The van der Waals surface area contributed by atoms with Crippen LogP contribution in [0.3, 0.4) is 0 Å². The number of rotatable bonds is 1. The van der Waals surface area contributed by atoms with Crippen LogP contribution in [0.25, 0.3) is 10.9 Å². The van der Waals surface area contributed by atoms with Crippen LogP contribution in [0.1, 0.15) is 24.5 Å². The molecule has 1 aliphatic heterocycles. The SMILES string of the molecule is Clc1ccc2[nH]c(C3CCNCC3)cc2c1. The van der Waals surface area contributed by atoms with Gasteiger partial charge in [-0.1, -0.05) is 11.6 Å². The highest BCUT2D eigenvalue weighted by molar-refractivity contribution is 6.31. The van der Waals surface area contributed by atoms with E-state index in [1.807, 2.05) is 12.1 Å². The molecule has 3 rings (SSSR count). The molecule has 0 spiro atoms. The number of aromatic amines is 1. The molecule has 2 heterocycles. The zero-order valence-electron chi connectivity index (χ0n) is 9.09. The van der Waals surface area contributed by atoms with Gasteiger partial charge in [-0.2, -0.15) is 0 Å². The molecule has 2 N–H and O–H groups in total. The Morgan fingerprint density at radius 1 is 1.12 bits per heavy atom. The van der Waals surface area contributed by atoms with Crippen molar-refractivity contribution in [2.24, 2.45) is 0 Å². The number of fused-ring (bicyclic) bond motifs is 1. The Morgan fingerprint density at radius 2 is 1.94 bits per heavy atom. The van der Waals surface area contributed by atoms with Gasteiger partial charge in [-0.05, 0) is 50.2 Å². The Morgan fingerprint density at radius 3 is 2.75 bits per heavy atom. The van der Waals surface area contributed by atoms with Gasteiger partial charge in [-0.15, -0.1) is 0 Å². The monoisotopic (exact) mass is 234 g/mol. The van der Waals surface area contributed by atoms with Crippen LogP contribution < -0.4 is 5.32 Å². The minimum Gasteiger partial charge on any atom is -0.358 e. The topological polar surface area (TPSA) is 27.8 Å². The van der Waals surface area contributed by atoms with E-state index in [1.54, 1.807) is 0 Å². The third kappa shape index (κ3) is 1.83. The lowest BCUT2D eigenvalue weighted by Gasteiger charge is -2.21. The summed E-state index contributed by atoms with van der Waals surface area (Å²) in [6.07, 6.45) is 2.45. The van der Waals surface area contributed by atoms with Crippen LogP contribution in [-0.4, -0.2) is 18.1 Å². The summed E-state index contributed by atoms with van der Waals surface area (Å²) in [5.41, 5.74) is 2.55. The maximum absolute atomic E-state index is 5.99.